The fourth-order valence-electron chi connectivity index (χ4n) is 2.64. The number of sulfonamides is 1. The van der Waals surface area contributed by atoms with Gasteiger partial charge in [0.15, 0.2) is 0 Å². The van der Waals surface area contributed by atoms with Gasteiger partial charge in [-0.3, -0.25) is 0 Å². The lowest BCUT2D eigenvalue weighted by atomic mass is 10.1. The SMILES string of the molecule is COc1ccccc1C(NS(=O)(=O)c1ccccc1)c1nccn1C. The summed E-state index contributed by atoms with van der Waals surface area (Å²) < 4.78 is 35.6. The highest BCUT2D eigenvalue weighted by atomic mass is 32.2. The summed E-state index contributed by atoms with van der Waals surface area (Å²) in [6.07, 6.45) is 3.41. The highest BCUT2D eigenvalue weighted by molar-refractivity contribution is 7.89. The maximum absolute atomic E-state index is 12.8. The van der Waals surface area contributed by atoms with Crippen molar-refractivity contribution < 1.29 is 13.2 Å². The van der Waals surface area contributed by atoms with Crippen LogP contribution in [0.2, 0.25) is 0 Å². The number of hydrogen-bond donors (Lipinski definition) is 1. The fraction of sp³-hybridized carbons (Fsp3) is 0.167. The van der Waals surface area contributed by atoms with Crippen molar-refractivity contribution in [3.63, 3.8) is 0 Å². The van der Waals surface area contributed by atoms with Gasteiger partial charge in [0, 0.05) is 25.0 Å². The zero-order valence-electron chi connectivity index (χ0n) is 14.0. The lowest BCUT2D eigenvalue weighted by Crippen LogP contribution is -2.31. The summed E-state index contributed by atoms with van der Waals surface area (Å²) in [7, 11) is -0.358. The number of nitrogens with zero attached hydrogens (tertiary/aromatic N) is 2. The molecule has 2 aromatic carbocycles. The van der Waals surface area contributed by atoms with Crippen LogP contribution >= 0.6 is 0 Å². The highest BCUT2D eigenvalue weighted by Gasteiger charge is 2.27. The average molecular weight is 357 g/mol. The molecule has 1 aromatic heterocycles. The molecule has 1 heterocycles. The van der Waals surface area contributed by atoms with Gasteiger partial charge in [0.1, 0.15) is 17.6 Å². The Morgan fingerprint density at radius 2 is 1.76 bits per heavy atom. The van der Waals surface area contributed by atoms with Gasteiger partial charge in [-0.2, -0.15) is 4.72 Å². The van der Waals surface area contributed by atoms with Crippen LogP contribution in [-0.4, -0.2) is 25.1 Å². The summed E-state index contributed by atoms with van der Waals surface area (Å²) in [6, 6.07) is 14.9. The summed E-state index contributed by atoms with van der Waals surface area (Å²) in [5.41, 5.74) is 0.693. The summed E-state index contributed by atoms with van der Waals surface area (Å²) in [5, 5.41) is 0. The molecule has 0 saturated carbocycles. The second-order valence-electron chi connectivity index (χ2n) is 5.51. The molecule has 3 aromatic rings. The minimum absolute atomic E-state index is 0.198. The zero-order chi connectivity index (χ0) is 17.9. The van der Waals surface area contributed by atoms with Gasteiger partial charge in [-0.25, -0.2) is 13.4 Å². The van der Waals surface area contributed by atoms with E-state index in [0.717, 1.165) is 0 Å². The van der Waals surface area contributed by atoms with Gasteiger partial charge >= 0.3 is 0 Å². The van der Waals surface area contributed by atoms with Crippen molar-refractivity contribution in [2.45, 2.75) is 10.9 Å². The van der Waals surface area contributed by atoms with Gasteiger partial charge in [-0.1, -0.05) is 36.4 Å². The van der Waals surface area contributed by atoms with Gasteiger partial charge in [-0.15, -0.1) is 0 Å². The van der Waals surface area contributed by atoms with Crippen molar-refractivity contribution >= 4 is 10.0 Å². The van der Waals surface area contributed by atoms with E-state index in [-0.39, 0.29) is 4.90 Å². The molecular weight excluding hydrogens is 338 g/mol. The lowest BCUT2D eigenvalue weighted by Gasteiger charge is -2.21. The van der Waals surface area contributed by atoms with Gasteiger partial charge in [0.05, 0.1) is 12.0 Å². The van der Waals surface area contributed by atoms with Crippen LogP contribution in [0.25, 0.3) is 0 Å². The van der Waals surface area contributed by atoms with Crippen molar-refractivity contribution in [1.82, 2.24) is 14.3 Å². The smallest absolute Gasteiger partial charge is 0.241 e. The molecule has 0 amide bonds. The van der Waals surface area contributed by atoms with E-state index in [0.29, 0.717) is 17.1 Å². The van der Waals surface area contributed by atoms with Crippen LogP contribution < -0.4 is 9.46 Å². The Morgan fingerprint density at radius 3 is 2.40 bits per heavy atom. The number of hydrogen-bond acceptors (Lipinski definition) is 4. The second kappa shape index (κ2) is 7.08. The number of methoxy groups -OCH3 is 1. The number of imidazole rings is 1. The topological polar surface area (TPSA) is 73.2 Å². The summed E-state index contributed by atoms with van der Waals surface area (Å²) >= 11 is 0. The number of aromatic nitrogens is 2. The standard InChI is InChI=1S/C18H19N3O3S/c1-21-13-12-19-18(21)17(15-10-6-7-11-16(15)24-2)20-25(22,23)14-8-4-3-5-9-14/h3-13,17,20H,1-2H3. The van der Waals surface area contributed by atoms with Crippen molar-refractivity contribution in [3.05, 3.63) is 78.4 Å². The summed E-state index contributed by atoms with van der Waals surface area (Å²) in [5.74, 6) is 1.16. The van der Waals surface area contributed by atoms with Gasteiger partial charge in [0.2, 0.25) is 10.0 Å². The Bertz CT molecular complexity index is 952. The normalized spacial score (nSPS) is 12.7. The molecule has 0 aliphatic heterocycles. The molecule has 0 spiro atoms. The first-order valence-corrected chi connectivity index (χ1v) is 9.19. The van der Waals surface area contributed by atoms with E-state index in [1.807, 2.05) is 25.2 Å². The summed E-state index contributed by atoms with van der Waals surface area (Å²) in [4.78, 5) is 4.52. The van der Waals surface area contributed by atoms with E-state index >= 15 is 0 Å². The quantitative estimate of drug-likeness (QED) is 0.736. The minimum Gasteiger partial charge on any atom is -0.496 e. The molecule has 0 fully saturated rings. The molecule has 1 unspecified atom stereocenters. The number of nitrogens with one attached hydrogen (secondary N) is 1. The third kappa shape index (κ3) is 3.57. The molecule has 0 bridgehead atoms. The molecule has 3 rings (SSSR count). The van der Waals surface area contributed by atoms with Gasteiger partial charge in [-0.05, 0) is 18.2 Å². The monoisotopic (exact) mass is 357 g/mol. The molecule has 1 atom stereocenters. The van der Waals surface area contributed by atoms with E-state index in [1.165, 1.54) is 0 Å². The largest absolute Gasteiger partial charge is 0.496 e. The number of rotatable bonds is 6. The maximum atomic E-state index is 12.8. The summed E-state index contributed by atoms with van der Waals surface area (Å²) in [6.45, 7) is 0. The van der Waals surface area contributed by atoms with Crippen LogP contribution in [0.4, 0.5) is 0 Å². The molecular formula is C18H19N3O3S. The molecule has 25 heavy (non-hydrogen) atoms. The third-order valence-electron chi connectivity index (χ3n) is 3.89. The van der Waals surface area contributed by atoms with Crippen LogP contribution in [0.5, 0.6) is 5.75 Å². The molecule has 0 saturated heterocycles. The Hall–Kier alpha value is -2.64. The first-order chi connectivity index (χ1) is 12.0. The van der Waals surface area contributed by atoms with Crippen LogP contribution in [0.15, 0.2) is 71.9 Å². The Kier molecular flexibility index (Phi) is 4.87. The van der Waals surface area contributed by atoms with E-state index < -0.39 is 16.1 Å². The van der Waals surface area contributed by atoms with E-state index in [9.17, 15) is 8.42 Å². The number of benzene rings is 2. The zero-order valence-corrected chi connectivity index (χ0v) is 14.8. The van der Waals surface area contributed by atoms with Crippen LogP contribution in [0.1, 0.15) is 17.4 Å². The predicted octanol–water partition coefficient (Wildman–Crippen LogP) is 2.50. The maximum Gasteiger partial charge on any atom is 0.241 e. The number of para-hydroxylation sites is 1. The molecule has 0 aliphatic rings. The minimum atomic E-state index is -3.73. The van der Waals surface area contributed by atoms with Crippen LogP contribution in [-0.2, 0) is 17.1 Å². The van der Waals surface area contributed by atoms with Crippen LogP contribution in [0, 0.1) is 0 Å². The third-order valence-corrected chi connectivity index (χ3v) is 5.33. The predicted molar refractivity (Wildman–Crippen MR) is 94.8 cm³/mol. The van der Waals surface area contributed by atoms with Crippen LogP contribution in [0.3, 0.4) is 0 Å². The second-order valence-corrected chi connectivity index (χ2v) is 7.22. The van der Waals surface area contributed by atoms with Gasteiger partial charge in [0.25, 0.3) is 0 Å². The Labute approximate surface area is 147 Å². The Balaban J connectivity index is 2.09. The average Bonchev–Trinajstić information content (AvgIpc) is 3.06. The molecule has 7 heteroatoms. The fourth-order valence-corrected chi connectivity index (χ4v) is 3.83. The number of aryl methyl sites for hydroxylation is 1. The lowest BCUT2D eigenvalue weighted by molar-refractivity contribution is 0.405. The van der Waals surface area contributed by atoms with Gasteiger partial charge < -0.3 is 9.30 Å². The molecule has 0 aliphatic carbocycles. The molecule has 6 nitrogen and oxygen atoms in total. The van der Waals surface area contributed by atoms with Crippen molar-refractivity contribution in [2.24, 2.45) is 7.05 Å². The highest BCUT2D eigenvalue weighted by Crippen LogP contribution is 2.30. The van der Waals surface area contributed by atoms with Crippen molar-refractivity contribution in [1.29, 1.82) is 0 Å². The molecule has 0 radical (unpaired) electrons. The molecule has 130 valence electrons. The van der Waals surface area contributed by atoms with E-state index in [1.54, 1.807) is 60.5 Å². The van der Waals surface area contributed by atoms with E-state index in [4.69, 9.17) is 4.74 Å². The van der Waals surface area contributed by atoms with Crippen molar-refractivity contribution in [3.8, 4) is 5.75 Å². The first kappa shape index (κ1) is 17.2. The molecule has 1 N–H and O–H groups in total. The van der Waals surface area contributed by atoms with Crippen molar-refractivity contribution in [2.75, 3.05) is 7.11 Å². The first-order valence-electron chi connectivity index (χ1n) is 7.70. The Morgan fingerprint density at radius 1 is 1.08 bits per heavy atom. The number of ether oxygens (including phenoxy) is 1. The van der Waals surface area contributed by atoms with E-state index in [2.05, 4.69) is 9.71 Å².